The summed E-state index contributed by atoms with van der Waals surface area (Å²) in [7, 11) is 1.62. The second kappa shape index (κ2) is 6.58. The molecule has 0 bridgehead atoms. The smallest absolute Gasteiger partial charge is 0.347 e. The van der Waals surface area contributed by atoms with Crippen molar-refractivity contribution in [3.05, 3.63) is 70.1 Å². The third-order valence-electron chi connectivity index (χ3n) is 3.65. The predicted molar refractivity (Wildman–Crippen MR) is 89.8 cm³/mol. The fourth-order valence-corrected chi connectivity index (χ4v) is 2.32. The van der Waals surface area contributed by atoms with Crippen molar-refractivity contribution in [1.29, 1.82) is 0 Å². The molecular weight excluding hydrogens is 308 g/mol. The summed E-state index contributed by atoms with van der Waals surface area (Å²) < 4.78 is 16.0. The molecular formula is C19H16O5. The second-order valence-corrected chi connectivity index (χ2v) is 5.34. The highest BCUT2D eigenvalue weighted by Gasteiger charge is 2.10. The van der Waals surface area contributed by atoms with Gasteiger partial charge in [0.2, 0.25) is 0 Å². The van der Waals surface area contributed by atoms with Crippen molar-refractivity contribution < 1.29 is 18.7 Å². The van der Waals surface area contributed by atoms with E-state index in [9.17, 15) is 9.59 Å². The number of benzene rings is 2. The number of fused-ring (bicyclic) bond motifs is 1. The van der Waals surface area contributed by atoms with Crippen LogP contribution >= 0.6 is 0 Å². The quantitative estimate of drug-likeness (QED) is 0.530. The molecule has 3 aromatic rings. The fraction of sp³-hybridized carbons (Fsp3) is 0.158. The Morgan fingerprint density at radius 2 is 1.75 bits per heavy atom. The number of ketones is 1. The van der Waals surface area contributed by atoms with Crippen LogP contribution in [0.25, 0.3) is 11.0 Å². The van der Waals surface area contributed by atoms with Crippen LogP contribution in [0.1, 0.15) is 22.8 Å². The summed E-state index contributed by atoms with van der Waals surface area (Å²) in [6.45, 7) is 1.72. The minimum Gasteiger partial charge on any atom is -0.497 e. The van der Waals surface area contributed by atoms with Crippen LogP contribution in [-0.4, -0.2) is 12.9 Å². The van der Waals surface area contributed by atoms with Gasteiger partial charge in [0.1, 0.15) is 29.3 Å². The highest BCUT2D eigenvalue weighted by molar-refractivity contribution is 5.96. The van der Waals surface area contributed by atoms with E-state index in [0.29, 0.717) is 23.3 Å². The van der Waals surface area contributed by atoms with E-state index in [1.165, 1.54) is 13.0 Å². The molecule has 0 aliphatic heterocycles. The molecule has 0 amide bonds. The molecule has 2 aromatic carbocycles. The van der Waals surface area contributed by atoms with Crippen LogP contribution in [0.3, 0.4) is 0 Å². The standard InChI is InChI=1S/C19H16O5/c1-12(20)17-9-14-5-8-16(10-18(14)24-19(17)21)23-11-13-3-6-15(22-2)7-4-13/h3-10H,11H2,1-2H3. The van der Waals surface area contributed by atoms with Crippen LogP contribution in [0.2, 0.25) is 0 Å². The summed E-state index contributed by atoms with van der Waals surface area (Å²) in [5.74, 6) is 1.05. The molecule has 122 valence electrons. The molecule has 0 fully saturated rings. The van der Waals surface area contributed by atoms with Gasteiger partial charge in [0.15, 0.2) is 5.78 Å². The van der Waals surface area contributed by atoms with Gasteiger partial charge in [-0.05, 0) is 42.8 Å². The number of ether oxygens (including phenoxy) is 2. The van der Waals surface area contributed by atoms with Crippen molar-refractivity contribution in [3.63, 3.8) is 0 Å². The van der Waals surface area contributed by atoms with Gasteiger partial charge in [-0.1, -0.05) is 12.1 Å². The van der Waals surface area contributed by atoms with Crippen molar-refractivity contribution >= 4 is 16.8 Å². The van der Waals surface area contributed by atoms with Gasteiger partial charge >= 0.3 is 5.63 Å². The van der Waals surface area contributed by atoms with Gasteiger partial charge in [-0.25, -0.2) is 4.79 Å². The molecule has 0 saturated carbocycles. The number of carbonyl (C=O) groups is 1. The predicted octanol–water partition coefficient (Wildman–Crippen LogP) is 3.58. The van der Waals surface area contributed by atoms with Gasteiger partial charge in [0.05, 0.1) is 7.11 Å². The average molecular weight is 324 g/mol. The average Bonchev–Trinajstić information content (AvgIpc) is 2.59. The molecule has 0 saturated heterocycles. The molecule has 5 heteroatoms. The zero-order valence-corrected chi connectivity index (χ0v) is 13.4. The second-order valence-electron chi connectivity index (χ2n) is 5.34. The van der Waals surface area contributed by atoms with Crippen LogP contribution in [0, 0.1) is 0 Å². The van der Waals surface area contributed by atoms with Gasteiger partial charge in [-0.15, -0.1) is 0 Å². The van der Waals surface area contributed by atoms with Crippen molar-refractivity contribution in [3.8, 4) is 11.5 Å². The van der Waals surface area contributed by atoms with E-state index >= 15 is 0 Å². The zero-order chi connectivity index (χ0) is 17.1. The lowest BCUT2D eigenvalue weighted by molar-refractivity contribution is 0.101. The highest BCUT2D eigenvalue weighted by atomic mass is 16.5. The van der Waals surface area contributed by atoms with E-state index in [2.05, 4.69) is 0 Å². The number of hydrogen-bond acceptors (Lipinski definition) is 5. The first-order valence-electron chi connectivity index (χ1n) is 7.41. The van der Waals surface area contributed by atoms with Gasteiger partial charge < -0.3 is 13.9 Å². The van der Waals surface area contributed by atoms with Crippen molar-refractivity contribution in [2.75, 3.05) is 7.11 Å². The largest absolute Gasteiger partial charge is 0.497 e. The van der Waals surface area contributed by atoms with Crippen molar-refractivity contribution in [2.45, 2.75) is 13.5 Å². The molecule has 0 atom stereocenters. The molecule has 1 aromatic heterocycles. The normalized spacial score (nSPS) is 10.6. The number of rotatable bonds is 5. The lowest BCUT2D eigenvalue weighted by Gasteiger charge is -2.08. The van der Waals surface area contributed by atoms with Crippen molar-refractivity contribution in [1.82, 2.24) is 0 Å². The summed E-state index contributed by atoms with van der Waals surface area (Å²) >= 11 is 0. The number of carbonyl (C=O) groups excluding carboxylic acids is 1. The van der Waals surface area contributed by atoms with Crippen LogP contribution in [0.4, 0.5) is 0 Å². The van der Waals surface area contributed by atoms with E-state index in [1.54, 1.807) is 25.3 Å². The summed E-state index contributed by atoms with van der Waals surface area (Å²) in [5, 5.41) is 0.677. The summed E-state index contributed by atoms with van der Waals surface area (Å²) in [6.07, 6.45) is 0. The van der Waals surface area contributed by atoms with Gasteiger partial charge in [0, 0.05) is 11.5 Å². The van der Waals surface area contributed by atoms with Gasteiger partial charge in [-0.2, -0.15) is 0 Å². The molecule has 24 heavy (non-hydrogen) atoms. The SMILES string of the molecule is COc1ccc(COc2ccc3cc(C(C)=O)c(=O)oc3c2)cc1. The molecule has 3 rings (SSSR count). The molecule has 0 aliphatic rings. The topological polar surface area (TPSA) is 65.7 Å². The molecule has 0 N–H and O–H groups in total. The Labute approximate surface area is 138 Å². The molecule has 1 heterocycles. The molecule has 5 nitrogen and oxygen atoms in total. The first-order valence-corrected chi connectivity index (χ1v) is 7.41. The van der Waals surface area contributed by atoms with E-state index in [4.69, 9.17) is 13.9 Å². The van der Waals surface area contributed by atoms with E-state index in [0.717, 1.165) is 11.3 Å². The lowest BCUT2D eigenvalue weighted by Crippen LogP contribution is -2.10. The third-order valence-corrected chi connectivity index (χ3v) is 3.65. The highest BCUT2D eigenvalue weighted by Crippen LogP contribution is 2.22. The monoisotopic (exact) mass is 324 g/mol. The Kier molecular flexibility index (Phi) is 4.33. The lowest BCUT2D eigenvalue weighted by atomic mass is 10.1. The molecule has 0 radical (unpaired) electrons. The number of methoxy groups -OCH3 is 1. The Morgan fingerprint density at radius 3 is 2.42 bits per heavy atom. The Balaban J connectivity index is 1.81. The van der Waals surface area contributed by atoms with Crippen LogP contribution in [0.5, 0.6) is 11.5 Å². The van der Waals surface area contributed by atoms with Crippen LogP contribution < -0.4 is 15.1 Å². The molecule has 0 aliphatic carbocycles. The zero-order valence-electron chi connectivity index (χ0n) is 13.4. The number of hydrogen-bond donors (Lipinski definition) is 0. The van der Waals surface area contributed by atoms with Gasteiger partial charge in [-0.3, -0.25) is 4.79 Å². The maximum Gasteiger partial charge on any atom is 0.347 e. The van der Waals surface area contributed by atoms with E-state index in [-0.39, 0.29) is 11.3 Å². The minimum absolute atomic E-state index is 0.0504. The maximum atomic E-state index is 11.8. The van der Waals surface area contributed by atoms with Crippen LogP contribution in [-0.2, 0) is 6.61 Å². The first kappa shape index (κ1) is 15.8. The number of Topliss-reactive ketones (excluding diaryl/α,β-unsaturated/α-hetero) is 1. The third kappa shape index (κ3) is 3.30. The van der Waals surface area contributed by atoms with Crippen LogP contribution in [0.15, 0.2) is 57.7 Å². The molecule has 0 spiro atoms. The molecule has 0 unspecified atom stereocenters. The summed E-state index contributed by atoms with van der Waals surface area (Å²) in [4.78, 5) is 23.2. The Morgan fingerprint density at radius 1 is 1.04 bits per heavy atom. The first-order chi connectivity index (χ1) is 11.6. The maximum absolute atomic E-state index is 11.8. The fourth-order valence-electron chi connectivity index (χ4n) is 2.32. The Hall–Kier alpha value is -3.08. The van der Waals surface area contributed by atoms with Crippen molar-refractivity contribution in [2.24, 2.45) is 0 Å². The van der Waals surface area contributed by atoms with E-state index < -0.39 is 5.63 Å². The minimum atomic E-state index is -0.637. The van der Waals surface area contributed by atoms with E-state index in [1.807, 2.05) is 24.3 Å². The summed E-state index contributed by atoms with van der Waals surface area (Å²) in [6, 6.07) is 14.3. The van der Waals surface area contributed by atoms with Gasteiger partial charge in [0.25, 0.3) is 0 Å². The Bertz CT molecular complexity index is 938. The summed E-state index contributed by atoms with van der Waals surface area (Å²) in [5.41, 5.74) is 0.790.